The molecule has 0 spiro atoms. The van der Waals surface area contributed by atoms with E-state index in [0.29, 0.717) is 0 Å². The van der Waals surface area contributed by atoms with Gasteiger partial charge in [0.15, 0.2) is 0 Å². The van der Waals surface area contributed by atoms with Gasteiger partial charge < -0.3 is 0 Å². The molecule has 0 rings (SSSR count). The summed E-state index contributed by atoms with van der Waals surface area (Å²) in [5.41, 5.74) is 0. The third-order valence-corrected chi connectivity index (χ3v) is 0.285. The monoisotopic (exact) mass is 170 g/mol. The molecule has 2 N–H and O–H groups in total. The lowest BCUT2D eigenvalue weighted by Crippen LogP contribution is -2.01. The fourth-order valence-corrected chi connectivity index (χ4v) is 0.111. The topological polar surface area (TPSA) is 77.4 Å². The molecule has 0 aromatic carbocycles. The van der Waals surface area contributed by atoms with E-state index in [1.807, 2.05) is 0 Å². The van der Waals surface area contributed by atoms with Crippen LogP contribution in [0.15, 0.2) is 0 Å². The highest BCUT2D eigenvalue weighted by molar-refractivity contribution is 3.92. The van der Waals surface area contributed by atoms with Crippen LogP contribution in [-0.2, 0) is 19.6 Å². The predicted molar refractivity (Wildman–Crippen MR) is 35.3 cm³/mol. The van der Waals surface area contributed by atoms with Gasteiger partial charge in [-0.25, -0.2) is 30.1 Å². The summed E-state index contributed by atoms with van der Waals surface area (Å²) < 4.78 is 0. The quantitative estimate of drug-likeness (QED) is 0.280. The Labute approximate surface area is 65.0 Å². The summed E-state index contributed by atoms with van der Waals surface area (Å²) in [6, 6.07) is 0. The molecule has 6 heteroatoms. The van der Waals surface area contributed by atoms with Crippen molar-refractivity contribution in [3.05, 3.63) is 0 Å². The lowest BCUT2D eigenvalue weighted by Gasteiger charge is -1.96. The third-order valence-electron chi connectivity index (χ3n) is 0.285. The molecule has 0 bridgehead atoms. The lowest BCUT2D eigenvalue weighted by molar-refractivity contribution is -0.449. The Kier molecular flexibility index (Phi) is 19.9. The van der Waals surface area contributed by atoms with Gasteiger partial charge >= 0.3 is 0 Å². The molecule has 0 amide bonds. The second-order valence-electron chi connectivity index (χ2n) is 1.44. The average Bonchev–Trinajstić information content (AvgIpc) is 2.00. The standard InChI is InChI=1S/C3H8.C2H6O6/c1-3-2;3-5-1-7-8-2-6-4/h3H2,1-2H3;3-4H,1-2H2. The van der Waals surface area contributed by atoms with Crippen molar-refractivity contribution >= 4 is 0 Å². The van der Waals surface area contributed by atoms with Crippen LogP contribution in [0.25, 0.3) is 0 Å². The van der Waals surface area contributed by atoms with Gasteiger partial charge in [0.25, 0.3) is 0 Å². The van der Waals surface area contributed by atoms with Crippen molar-refractivity contribution in [3.8, 4) is 0 Å². The SMILES string of the molecule is CCC.OOCOOCOO. The maximum absolute atomic E-state index is 7.56. The molecule has 0 aliphatic rings. The van der Waals surface area contributed by atoms with Gasteiger partial charge in [-0.3, -0.25) is 0 Å². The smallest absolute Gasteiger partial charge is 0.214 e. The second-order valence-corrected chi connectivity index (χ2v) is 1.44. The zero-order chi connectivity index (χ0) is 8.95. The minimum absolute atomic E-state index is 0.427. The summed E-state index contributed by atoms with van der Waals surface area (Å²) in [5.74, 6) is 0. The molecule has 0 saturated carbocycles. The van der Waals surface area contributed by atoms with Crippen molar-refractivity contribution in [2.24, 2.45) is 0 Å². The first kappa shape index (κ1) is 13.4. The molecule has 0 aliphatic carbocycles. The maximum atomic E-state index is 7.56. The Hall–Kier alpha value is -0.240. The summed E-state index contributed by atoms with van der Waals surface area (Å²) in [7, 11) is 0. The number of hydrogen-bond acceptors (Lipinski definition) is 6. The van der Waals surface area contributed by atoms with Gasteiger partial charge in [-0.2, -0.15) is 0 Å². The first-order valence-corrected chi connectivity index (χ1v) is 3.10. The number of hydrogen-bond donors (Lipinski definition) is 2. The summed E-state index contributed by atoms with van der Waals surface area (Å²) in [6.45, 7) is 3.40. The van der Waals surface area contributed by atoms with E-state index in [-0.39, 0.29) is 0 Å². The van der Waals surface area contributed by atoms with Crippen LogP contribution in [0.1, 0.15) is 20.3 Å². The van der Waals surface area contributed by atoms with E-state index in [1.165, 1.54) is 6.42 Å². The van der Waals surface area contributed by atoms with Crippen molar-refractivity contribution < 1.29 is 30.1 Å². The Morgan fingerprint density at radius 1 is 0.909 bits per heavy atom. The summed E-state index contributed by atoms with van der Waals surface area (Å²) in [5, 5.41) is 15.1. The van der Waals surface area contributed by atoms with Crippen molar-refractivity contribution in [2.45, 2.75) is 20.3 Å². The molecule has 0 fully saturated rings. The zero-order valence-electron chi connectivity index (χ0n) is 6.65. The highest BCUT2D eigenvalue weighted by Crippen LogP contribution is 1.76. The van der Waals surface area contributed by atoms with Crippen molar-refractivity contribution in [1.82, 2.24) is 0 Å². The highest BCUT2D eigenvalue weighted by Gasteiger charge is 1.83. The van der Waals surface area contributed by atoms with E-state index in [1.54, 1.807) is 0 Å². The van der Waals surface area contributed by atoms with Crippen LogP contribution in [0.3, 0.4) is 0 Å². The van der Waals surface area contributed by atoms with E-state index < -0.39 is 13.6 Å². The largest absolute Gasteiger partial charge is 0.249 e. The van der Waals surface area contributed by atoms with Gasteiger partial charge in [-0.15, -0.1) is 0 Å². The summed E-state index contributed by atoms with van der Waals surface area (Å²) >= 11 is 0. The molecule has 0 saturated heterocycles. The molecule has 11 heavy (non-hydrogen) atoms. The normalized spacial score (nSPS) is 8.73. The Morgan fingerprint density at radius 3 is 1.36 bits per heavy atom. The Morgan fingerprint density at radius 2 is 1.18 bits per heavy atom. The molecular formula is C5H14O6. The van der Waals surface area contributed by atoms with E-state index in [9.17, 15) is 0 Å². The van der Waals surface area contributed by atoms with E-state index in [2.05, 4.69) is 33.4 Å². The molecule has 6 nitrogen and oxygen atoms in total. The van der Waals surface area contributed by atoms with E-state index in [0.717, 1.165) is 0 Å². The highest BCUT2D eigenvalue weighted by atomic mass is 17.3. The second kappa shape index (κ2) is 16.4. The van der Waals surface area contributed by atoms with Crippen LogP contribution in [0.2, 0.25) is 0 Å². The van der Waals surface area contributed by atoms with Gasteiger partial charge in [-0.05, 0) is 0 Å². The molecule has 0 aromatic rings. The van der Waals surface area contributed by atoms with Gasteiger partial charge in [0.05, 0.1) is 0 Å². The Balaban J connectivity index is 0. The fourth-order valence-electron chi connectivity index (χ4n) is 0.111. The van der Waals surface area contributed by atoms with Crippen molar-refractivity contribution in [3.63, 3.8) is 0 Å². The van der Waals surface area contributed by atoms with Gasteiger partial charge in [0.1, 0.15) is 0 Å². The minimum Gasteiger partial charge on any atom is -0.249 e. The molecule has 0 heterocycles. The molecule has 0 radical (unpaired) electrons. The average molecular weight is 170 g/mol. The van der Waals surface area contributed by atoms with Crippen LogP contribution in [0, 0.1) is 0 Å². The van der Waals surface area contributed by atoms with Crippen molar-refractivity contribution in [1.29, 1.82) is 0 Å². The summed E-state index contributed by atoms with van der Waals surface area (Å²) in [4.78, 5) is 14.7. The first-order valence-electron chi connectivity index (χ1n) is 3.10. The minimum atomic E-state index is -0.427. The maximum Gasteiger partial charge on any atom is 0.214 e. The number of rotatable bonds is 5. The first-order chi connectivity index (χ1) is 5.33. The van der Waals surface area contributed by atoms with Crippen molar-refractivity contribution in [2.75, 3.05) is 13.6 Å². The zero-order valence-corrected chi connectivity index (χ0v) is 6.65. The van der Waals surface area contributed by atoms with Gasteiger partial charge in [0, 0.05) is 0 Å². The van der Waals surface area contributed by atoms with Crippen LogP contribution in [0.5, 0.6) is 0 Å². The van der Waals surface area contributed by atoms with Crippen LogP contribution < -0.4 is 0 Å². The fraction of sp³-hybridized carbons (Fsp3) is 1.00. The van der Waals surface area contributed by atoms with Gasteiger partial charge in [-0.1, -0.05) is 20.3 Å². The Bertz CT molecular complexity index is 44.2. The van der Waals surface area contributed by atoms with Crippen LogP contribution in [0.4, 0.5) is 0 Å². The molecule has 70 valence electrons. The molecule has 0 atom stereocenters. The predicted octanol–water partition coefficient (Wildman–Crippen LogP) is 1.25. The summed E-state index contributed by atoms with van der Waals surface area (Å²) in [6.07, 6.45) is 1.25. The van der Waals surface area contributed by atoms with Crippen LogP contribution >= 0.6 is 0 Å². The molecule has 0 aliphatic heterocycles. The molecular weight excluding hydrogens is 156 g/mol. The van der Waals surface area contributed by atoms with E-state index in [4.69, 9.17) is 10.5 Å². The third kappa shape index (κ3) is 25.9. The van der Waals surface area contributed by atoms with Gasteiger partial charge in [0.2, 0.25) is 13.6 Å². The van der Waals surface area contributed by atoms with Crippen LogP contribution in [-0.4, -0.2) is 24.1 Å². The lowest BCUT2D eigenvalue weighted by atomic mass is 10.6. The van der Waals surface area contributed by atoms with E-state index >= 15 is 0 Å². The molecule has 0 unspecified atom stereocenters. The molecule has 0 aromatic heterocycles.